The number of hydrogen-bond donors (Lipinski definition) is 3. The van der Waals surface area contributed by atoms with Gasteiger partial charge in [0.05, 0.1) is 18.3 Å². The number of nitrogens with one attached hydrogen (secondary N) is 1. The Morgan fingerprint density at radius 3 is 2.65 bits per heavy atom. The zero-order valence-electron chi connectivity index (χ0n) is 13.4. The third-order valence-corrected chi connectivity index (χ3v) is 6.38. The third kappa shape index (κ3) is 1.87. The summed E-state index contributed by atoms with van der Waals surface area (Å²) in [5, 5.41) is 24.0. The predicted molar refractivity (Wildman–Crippen MR) is 83.5 cm³/mol. The van der Waals surface area contributed by atoms with Crippen molar-refractivity contribution in [2.45, 2.75) is 43.6 Å². The number of epoxide rings is 1. The Kier molecular flexibility index (Phi) is 3.15. The van der Waals surface area contributed by atoms with E-state index in [-0.39, 0.29) is 42.1 Å². The van der Waals surface area contributed by atoms with Gasteiger partial charge in [-0.2, -0.15) is 0 Å². The number of fused-ring (bicyclic) bond motifs is 2. The molecule has 3 fully saturated rings. The molecule has 0 radical (unpaired) electrons. The van der Waals surface area contributed by atoms with Gasteiger partial charge in [-0.1, -0.05) is 37.3 Å². The highest BCUT2D eigenvalue weighted by atomic mass is 16.6. The van der Waals surface area contributed by atoms with Gasteiger partial charge in [0.1, 0.15) is 0 Å². The first kappa shape index (κ1) is 15.1. The molecule has 0 spiro atoms. The Labute approximate surface area is 135 Å². The largest absolute Gasteiger partial charge is 0.396 e. The van der Waals surface area contributed by atoms with Gasteiger partial charge in [-0.3, -0.25) is 4.79 Å². The maximum Gasteiger partial charge on any atom is 0.253 e. The van der Waals surface area contributed by atoms with Gasteiger partial charge < -0.3 is 20.3 Å². The van der Waals surface area contributed by atoms with Crippen molar-refractivity contribution in [2.24, 2.45) is 17.8 Å². The molecule has 1 amide bonds. The number of aliphatic hydroxyl groups is 2. The highest BCUT2D eigenvalue weighted by Crippen LogP contribution is 2.61. The smallest absolute Gasteiger partial charge is 0.253 e. The van der Waals surface area contributed by atoms with Crippen LogP contribution < -0.4 is 5.32 Å². The first-order chi connectivity index (χ1) is 10.9. The predicted octanol–water partition coefficient (Wildman–Crippen LogP) is 0.490. The zero-order chi connectivity index (χ0) is 16.4. The molecule has 23 heavy (non-hydrogen) atoms. The SMILES string of the molecule is C[C@H]1[C@H]2[C@H](Cc3ccccc3)NC(=O)[C@@]2(O)[C@@H](CO)[C@@H]2O[C@]12C. The summed E-state index contributed by atoms with van der Waals surface area (Å²) < 4.78 is 5.83. The van der Waals surface area contributed by atoms with E-state index in [0.29, 0.717) is 6.42 Å². The summed E-state index contributed by atoms with van der Waals surface area (Å²) in [5.74, 6) is -1.16. The van der Waals surface area contributed by atoms with Crippen LogP contribution >= 0.6 is 0 Å². The second kappa shape index (κ2) is 4.79. The maximum atomic E-state index is 12.6. The number of benzene rings is 1. The molecule has 2 aliphatic heterocycles. The van der Waals surface area contributed by atoms with Gasteiger partial charge >= 0.3 is 0 Å². The van der Waals surface area contributed by atoms with Gasteiger partial charge in [-0.25, -0.2) is 0 Å². The van der Waals surface area contributed by atoms with Crippen molar-refractivity contribution < 1.29 is 19.7 Å². The summed E-state index contributed by atoms with van der Waals surface area (Å²) in [7, 11) is 0. The maximum absolute atomic E-state index is 12.6. The number of ether oxygens (including phenoxy) is 1. The fourth-order valence-corrected chi connectivity index (χ4v) is 4.93. The van der Waals surface area contributed by atoms with Crippen LogP contribution in [-0.2, 0) is 16.0 Å². The van der Waals surface area contributed by atoms with Gasteiger partial charge in [0.15, 0.2) is 5.60 Å². The summed E-state index contributed by atoms with van der Waals surface area (Å²) in [6, 6.07) is 9.81. The molecule has 1 aromatic carbocycles. The average molecular weight is 317 g/mol. The van der Waals surface area contributed by atoms with Crippen LogP contribution in [0.1, 0.15) is 19.4 Å². The lowest BCUT2D eigenvalue weighted by Gasteiger charge is -2.43. The second-order valence-electron chi connectivity index (χ2n) is 7.42. The van der Waals surface area contributed by atoms with Crippen LogP contribution in [0.25, 0.3) is 0 Å². The summed E-state index contributed by atoms with van der Waals surface area (Å²) >= 11 is 0. The van der Waals surface area contributed by atoms with Crippen molar-refractivity contribution in [3.8, 4) is 0 Å². The van der Waals surface area contributed by atoms with E-state index < -0.39 is 11.5 Å². The molecule has 1 saturated carbocycles. The lowest BCUT2D eigenvalue weighted by molar-refractivity contribution is -0.155. The Morgan fingerprint density at radius 2 is 2.00 bits per heavy atom. The Morgan fingerprint density at radius 1 is 1.30 bits per heavy atom. The van der Waals surface area contributed by atoms with Crippen LogP contribution in [0.5, 0.6) is 0 Å². The van der Waals surface area contributed by atoms with Crippen LogP contribution in [0.2, 0.25) is 0 Å². The van der Waals surface area contributed by atoms with Gasteiger partial charge in [0, 0.05) is 17.9 Å². The normalized spacial score (nSPS) is 47.7. The van der Waals surface area contributed by atoms with Crippen molar-refractivity contribution >= 4 is 5.91 Å². The fourth-order valence-electron chi connectivity index (χ4n) is 4.93. The van der Waals surface area contributed by atoms with Crippen molar-refractivity contribution in [2.75, 3.05) is 6.61 Å². The van der Waals surface area contributed by atoms with Crippen LogP contribution in [0.15, 0.2) is 30.3 Å². The topological polar surface area (TPSA) is 82.1 Å². The first-order valence-electron chi connectivity index (χ1n) is 8.29. The van der Waals surface area contributed by atoms with Crippen LogP contribution in [-0.4, -0.2) is 46.1 Å². The average Bonchev–Trinajstić information content (AvgIpc) is 3.14. The molecular weight excluding hydrogens is 294 g/mol. The van der Waals surface area contributed by atoms with Gasteiger partial charge in [0.25, 0.3) is 5.91 Å². The minimum atomic E-state index is -1.55. The molecule has 0 bridgehead atoms. The molecule has 124 valence electrons. The highest BCUT2D eigenvalue weighted by Gasteiger charge is 2.76. The van der Waals surface area contributed by atoms with E-state index in [1.807, 2.05) is 44.2 Å². The molecular formula is C18H23NO4. The van der Waals surface area contributed by atoms with Crippen molar-refractivity contribution in [1.29, 1.82) is 0 Å². The zero-order valence-corrected chi connectivity index (χ0v) is 13.4. The lowest BCUT2D eigenvalue weighted by Crippen LogP contribution is -2.60. The number of carbonyl (C=O) groups excluding carboxylic acids is 1. The van der Waals surface area contributed by atoms with Crippen molar-refractivity contribution in [1.82, 2.24) is 5.32 Å². The summed E-state index contributed by atoms with van der Waals surface area (Å²) in [5.41, 5.74) is -0.779. The molecule has 5 nitrogen and oxygen atoms in total. The lowest BCUT2D eigenvalue weighted by atomic mass is 9.59. The van der Waals surface area contributed by atoms with Crippen molar-refractivity contribution in [3.05, 3.63) is 35.9 Å². The quantitative estimate of drug-likeness (QED) is 0.709. The van der Waals surface area contributed by atoms with Crippen LogP contribution in [0, 0.1) is 17.8 Å². The second-order valence-corrected chi connectivity index (χ2v) is 7.42. The molecule has 1 aromatic rings. The number of hydrogen-bond acceptors (Lipinski definition) is 4. The molecule has 2 heterocycles. The number of carbonyl (C=O) groups is 1. The van der Waals surface area contributed by atoms with E-state index >= 15 is 0 Å². The number of aliphatic hydroxyl groups excluding tert-OH is 1. The highest BCUT2D eigenvalue weighted by molar-refractivity contribution is 5.89. The Balaban J connectivity index is 1.70. The summed E-state index contributed by atoms with van der Waals surface area (Å²) in [6.45, 7) is 3.82. The molecule has 3 aliphatic rings. The van der Waals surface area contributed by atoms with E-state index in [1.165, 1.54) is 0 Å². The fraction of sp³-hybridized carbons (Fsp3) is 0.611. The molecule has 5 heteroatoms. The van der Waals surface area contributed by atoms with Gasteiger partial charge in [-0.15, -0.1) is 0 Å². The molecule has 0 aromatic heterocycles. The van der Waals surface area contributed by atoms with Gasteiger partial charge in [0.2, 0.25) is 0 Å². The Hall–Kier alpha value is -1.43. The standard InChI is InChI=1S/C18H23NO4/c1-10-14-13(8-11-6-4-3-5-7-11)19-16(21)18(14,22)12(9-20)15-17(10,2)23-15/h3-7,10,12-15,20,22H,8-9H2,1-2H3,(H,19,21)/t10-,12-,13-,14-,15-,17+,18+/m0/s1. The summed E-state index contributed by atoms with van der Waals surface area (Å²) in [4.78, 5) is 12.6. The molecule has 0 unspecified atom stereocenters. The molecule has 7 atom stereocenters. The molecule has 4 rings (SSSR count). The third-order valence-electron chi connectivity index (χ3n) is 6.38. The molecule has 2 saturated heterocycles. The number of rotatable bonds is 3. The van der Waals surface area contributed by atoms with Crippen LogP contribution in [0.4, 0.5) is 0 Å². The minimum absolute atomic E-state index is 0.0352. The van der Waals surface area contributed by atoms with E-state index in [1.54, 1.807) is 0 Å². The number of amides is 1. The first-order valence-corrected chi connectivity index (χ1v) is 8.29. The van der Waals surface area contributed by atoms with Crippen LogP contribution in [0.3, 0.4) is 0 Å². The Bertz CT molecular complexity index is 635. The minimum Gasteiger partial charge on any atom is -0.396 e. The monoisotopic (exact) mass is 317 g/mol. The van der Waals surface area contributed by atoms with Gasteiger partial charge in [-0.05, 0) is 24.8 Å². The van der Waals surface area contributed by atoms with E-state index in [4.69, 9.17) is 4.74 Å². The van der Waals surface area contributed by atoms with E-state index in [0.717, 1.165) is 5.56 Å². The van der Waals surface area contributed by atoms with E-state index in [9.17, 15) is 15.0 Å². The molecule has 1 aliphatic carbocycles. The van der Waals surface area contributed by atoms with Crippen molar-refractivity contribution in [3.63, 3.8) is 0 Å². The van der Waals surface area contributed by atoms with E-state index in [2.05, 4.69) is 5.32 Å². The molecule has 3 N–H and O–H groups in total. The summed E-state index contributed by atoms with van der Waals surface area (Å²) in [6.07, 6.45) is 0.424.